The molecule has 0 saturated heterocycles. The maximum atomic E-state index is 2.72. The molecule has 2 heterocycles. The first-order chi connectivity index (χ1) is 36.0. The van der Waals surface area contributed by atoms with Crippen molar-refractivity contribution in [3.8, 4) is 11.1 Å². The van der Waals surface area contributed by atoms with Crippen molar-refractivity contribution in [2.45, 2.75) is 155 Å². The van der Waals surface area contributed by atoms with E-state index >= 15 is 0 Å². The summed E-state index contributed by atoms with van der Waals surface area (Å²) in [6.45, 7) is 34.4. The molecule has 382 valence electrons. The van der Waals surface area contributed by atoms with Crippen molar-refractivity contribution in [1.82, 2.24) is 0 Å². The number of aryl methyl sites for hydroxylation is 1. The van der Waals surface area contributed by atoms with E-state index in [1.165, 1.54) is 119 Å². The van der Waals surface area contributed by atoms with Gasteiger partial charge in [0.05, 0.1) is 5.69 Å². The van der Waals surface area contributed by atoms with Gasteiger partial charge in [0.2, 0.25) is 0 Å². The van der Waals surface area contributed by atoms with Gasteiger partial charge in [-0.3, -0.25) is 0 Å². The van der Waals surface area contributed by atoms with E-state index in [1.54, 1.807) is 0 Å². The molecule has 0 bridgehead atoms. The number of rotatable bonds is 5. The first-order valence-corrected chi connectivity index (χ1v) is 28.4. The third kappa shape index (κ3) is 7.14. The van der Waals surface area contributed by atoms with Crippen LogP contribution in [0.3, 0.4) is 0 Å². The largest absolute Gasteiger partial charge is 0.311 e. The van der Waals surface area contributed by atoms with Crippen LogP contribution < -0.4 is 31.1 Å². The summed E-state index contributed by atoms with van der Waals surface area (Å²) in [6.07, 6.45) is 4.69. The van der Waals surface area contributed by atoms with Gasteiger partial charge in [-0.1, -0.05) is 175 Å². The highest BCUT2D eigenvalue weighted by molar-refractivity contribution is 7.00. The van der Waals surface area contributed by atoms with E-state index in [0.29, 0.717) is 0 Å². The molecule has 8 aromatic carbocycles. The fraction of sp³-hybridized carbons (Fsp3) is 0.333. The molecule has 8 aromatic rings. The van der Waals surface area contributed by atoms with Crippen LogP contribution in [0.15, 0.2) is 158 Å². The van der Waals surface area contributed by atoms with E-state index < -0.39 is 0 Å². The Morgan fingerprint density at radius 3 is 1.58 bits per heavy atom. The minimum Gasteiger partial charge on any atom is -0.311 e. The number of fused-ring (bicyclic) bond motifs is 9. The van der Waals surface area contributed by atoms with Gasteiger partial charge >= 0.3 is 0 Å². The monoisotopic (exact) mass is 994 g/mol. The Morgan fingerprint density at radius 2 is 0.961 bits per heavy atom. The number of hydrogen-bond donors (Lipinski definition) is 0. The van der Waals surface area contributed by atoms with Crippen LogP contribution in [0.2, 0.25) is 0 Å². The molecule has 0 spiro atoms. The zero-order chi connectivity index (χ0) is 53.2. The normalized spacial score (nSPS) is 18.4. The molecule has 0 radical (unpaired) electrons. The summed E-state index contributed by atoms with van der Waals surface area (Å²) in [7, 11) is 0. The zero-order valence-corrected chi connectivity index (χ0v) is 47.8. The molecule has 0 atom stereocenters. The molecule has 5 aliphatic rings. The summed E-state index contributed by atoms with van der Waals surface area (Å²) in [5.74, 6) is 0. The van der Waals surface area contributed by atoms with Crippen molar-refractivity contribution in [1.29, 1.82) is 0 Å². The van der Waals surface area contributed by atoms with Crippen LogP contribution in [-0.4, -0.2) is 6.71 Å². The predicted molar refractivity (Wildman–Crippen MR) is 327 cm³/mol. The van der Waals surface area contributed by atoms with Crippen LogP contribution in [0.25, 0.3) is 11.1 Å². The van der Waals surface area contributed by atoms with E-state index in [-0.39, 0.29) is 39.2 Å². The molecular formula is C72H76BN3. The van der Waals surface area contributed by atoms with Crippen molar-refractivity contribution < 1.29 is 0 Å². The van der Waals surface area contributed by atoms with Crippen molar-refractivity contribution in [2.24, 2.45) is 0 Å². The average Bonchev–Trinajstić information content (AvgIpc) is 3.63. The highest BCUT2D eigenvalue weighted by atomic mass is 15.2. The Kier molecular flexibility index (Phi) is 10.5. The van der Waals surface area contributed by atoms with Crippen molar-refractivity contribution in [2.75, 3.05) is 14.7 Å². The van der Waals surface area contributed by atoms with Gasteiger partial charge in [0.25, 0.3) is 6.71 Å². The molecule has 0 amide bonds. The third-order valence-electron chi connectivity index (χ3n) is 19.2. The molecule has 0 aromatic heterocycles. The van der Waals surface area contributed by atoms with E-state index in [9.17, 15) is 0 Å². The molecule has 4 heteroatoms. The standard InChI is InChI=1S/C72H76BN3/c1-45-39-62-66-63(40-45)76(59-34-31-51-50-27-21-22-28-52(50)72(13,14)64(51)65(59)67(2,3)4)60-42-49(74(46-23-17-15-18-24-46)47-25-19-16-20-26-47)30-33-57(60)73(66)58-43-55-56(71(11,12)38-37-70(55,9)10)44-61(58)75(62)48-29-32-53-54(41-48)69(7,8)36-35-68(53,5)6/h15-34,39-44H,35-38H2,1-14H3. The summed E-state index contributed by atoms with van der Waals surface area (Å²) in [5, 5.41) is 0. The van der Waals surface area contributed by atoms with Gasteiger partial charge in [0, 0.05) is 50.9 Å². The van der Waals surface area contributed by atoms with Gasteiger partial charge in [0.1, 0.15) is 0 Å². The number of anilines is 9. The van der Waals surface area contributed by atoms with Gasteiger partial charge in [-0.25, -0.2) is 0 Å². The van der Waals surface area contributed by atoms with Crippen LogP contribution in [0, 0.1) is 6.92 Å². The van der Waals surface area contributed by atoms with Crippen LogP contribution >= 0.6 is 0 Å². The molecular weight excluding hydrogens is 918 g/mol. The number of hydrogen-bond acceptors (Lipinski definition) is 3. The molecule has 3 aliphatic carbocycles. The van der Waals surface area contributed by atoms with Gasteiger partial charge in [-0.05, 0) is 205 Å². The molecule has 3 nitrogen and oxygen atoms in total. The minimum absolute atomic E-state index is 0.0219. The summed E-state index contributed by atoms with van der Waals surface area (Å²) >= 11 is 0. The summed E-state index contributed by atoms with van der Waals surface area (Å²) in [5.41, 5.74) is 29.2. The Hall–Kier alpha value is -6.78. The molecule has 0 N–H and O–H groups in total. The Bertz CT molecular complexity index is 3660. The van der Waals surface area contributed by atoms with Crippen LogP contribution in [-0.2, 0) is 32.5 Å². The highest BCUT2D eigenvalue weighted by Gasteiger charge is 2.49. The molecule has 13 rings (SSSR count). The molecule has 0 fully saturated rings. The second kappa shape index (κ2) is 16.4. The highest BCUT2D eigenvalue weighted by Crippen LogP contribution is 2.58. The van der Waals surface area contributed by atoms with Crippen molar-refractivity contribution >= 4 is 74.3 Å². The molecule has 76 heavy (non-hydrogen) atoms. The summed E-state index contributed by atoms with van der Waals surface area (Å²) < 4.78 is 0. The maximum Gasteiger partial charge on any atom is 0.252 e. The van der Waals surface area contributed by atoms with Gasteiger partial charge in [-0.15, -0.1) is 0 Å². The second-order valence-corrected chi connectivity index (χ2v) is 27.6. The van der Waals surface area contributed by atoms with Crippen LogP contribution in [0.4, 0.5) is 51.2 Å². The predicted octanol–water partition coefficient (Wildman–Crippen LogP) is 17.8. The lowest BCUT2D eigenvalue weighted by Crippen LogP contribution is -2.62. The van der Waals surface area contributed by atoms with Gasteiger partial charge in [-0.2, -0.15) is 0 Å². The Morgan fingerprint density at radius 1 is 0.421 bits per heavy atom. The van der Waals surface area contributed by atoms with E-state index in [4.69, 9.17) is 0 Å². The lowest BCUT2D eigenvalue weighted by molar-refractivity contribution is 0.332. The topological polar surface area (TPSA) is 9.72 Å². The van der Waals surface area contributed by atoms with Crippen molar-refractivity contribution in [3.05, 3.63) is 202 Å². The average molecular weight is 994 g/mol. The molecule has 0 saturated carbocycles. The molecule has 2 aliphatic heterocycles. The maximum absolute atomic E-state index is 2.72. The van der Waals surface area contributed by atoms with E-state index in [1.807, 2.05) is 0 Å². The van der Waals surface area contributed by atoms with Crippen LogP contribution in [0.1, 0.15) is 160 Å². The van der Waals surface area contributed by atoms with Crippen LogP contribution in [0.5, 0.6) is 0 Å². The molecule has 0 unspecified atom stereocenters. The smallest absolute Gasteiger partial charge is 0.252 e. The van der Waals surface area contributed by atoms with Gasteiger partial charge in [0.15, 0.2) is 0 Å². The third-order valence-corrected chi connectivity index (χ3v) is 19.2. The zero-order valence-electron chi connectivity index (χ0n) is 47.8. The number of benzene rings is 8. The number of nitrogens with zero attached hydrogens (tertiary/aromatic N) is 3. The second-order valence-electron chi connectivity index (χ2n) is 27.6. The lowest BCUT2D eigenvalue weighted by Gasteiger charge is -2.48. The fourth-order valence-corrected chi connectivity index (χ4v) is 15.0. The van der Waals surface area contributed by atoms with E-state index in [2.05, 4.69) is 269 Å². The summed E-state index contributed by atoms with van der Waals surface area (Å²) in [4.78, 5) is 7.88. The van der Waals surface area contributed by atoms with Gasteiger partial charge < -0.3 is 14.7 Å². The first kappa shape index (κ1) is 48.8. The fourth-order valence-electron chi connectivity index (χ4n) is 15.0. The quantitative estimate of drug-likeness (QED) is 0.159. The number of para-hydroxylation sites is 2. The van der Waals surface area contributed by atoms with E-state index in [0.717, 1.165) is 29.9 Å². The Balaban J connectivity index is 1.16. The minimum atomic E-state index is -0.210. The summed E-state index contributed by atoms with van der Waals surface area (Å²) in [6, 6.07) is 61.4. The van der Waals surface area contributed by atoms with Crippen molar-refractivity contribution in [3.63, 3.8) is 0 Å². The first-order valence-electron chi connectivity index (χ1n) is 28.4. The lowest BCUT2D eigenvalue weighted by atomic mass is 9.33. The SMILES string of the molecule is Cc1cc2c3c(c1)N(c1ccc4c(c1C(C)(C)C)C(C)(C)c1ccccc1-4)c1cc(N(c4ccccc4)c4ccccc4)ccc1B3c1cc3c(cc1N2c1ccc2c(c1)C(C)(C)CCC2(C)C)C(C)(C)CCC3(C)C. The Labute approximate surface area is 455 Å².